The first-order valence-corrected chi connectivity index (χ1v) is 8.03. The molecule has 21 heavy (non-hydrogen) atoms. The molecule has 2 heterocycles. The van der Waals surface area contributed by atoms with E-state index in [9.17, 15) is 0 Å². The van der Waals surface area contributed by atoms with Crippen LogP contribution >= 0.6 is 11.8 Å². The summed E-state index contributed by atoms with van der Waals surface area (Å²) in [6, 6.07) is 6.10. The molecule has 0 unspecified atom stereocenters. The molecule has 0 amide bonds. The first-order valence-electron chi connectivity index (χ1n) is 7.04. The Hall–Kier alpha value is -1.82. The molecular formula is C15H18N4OS. The van der Waals surface area contributed by atoms with E-state index in [2.05, 4.69) is 35.1 Å². The lowest BCUT2D eigenvalue weighted by Crippen LogP contribution is -2.09. The smallest absolute Gasteiger partial charge is 0.175 e. The number of hydrogen-bond donors (Lipinski definition) is 0. The molecule has 1 aliphatic heterocycles. The Balaban J connectivity index is 1.73. The van der Waals surface area contributed by atoms with Crippen molar-refractivity contribution in [1.82, 2.24) is 14.8 Å². The van der Waals surface area contributed by atoms with E-state index in [0.717, 1.165) is 35.4 Å². The maximum atomic E-state index is 5.80. The molecule has 0 saturated heterocycles. The van der Waals surface area contributed by atoms with Gasteiger partial charge >= 0.3 is 0 Å². The average Bonchev–Trinajstić information content (AvgIpc) is 3.00. The molecule has 0 aliphatic carbocycles. The van der Waals surface area contributed by atoms with Crippen LogP contribution in [0.5, 0.6) is 5.75 Å². The lowest BCUT2D eigenvalue weighted by atomic mass is 10.1. The highest BCUT2D eigenvalue weighted by Crippen LogP contribution is 2.34. The van der Waals surface area contributed by atoms with Crippen LogP contribution < -0.4 is 4.74 Å². The minimum Gasteiger partial charge on any atom is -0.494 e. The minimum atomic E-state index is 0.661. The minimum absolute atomic E-state index is 0.661. The van der Waals surface area contributed by atoms with Gasteiger partial charge in [-0.05, 0) is 36.1 Å². The maximum absolute atomic E-state index is 5.80. The second-order valence-corrected chi connectivity index (χ2v) is 6.32. The van der Waals surface area contributed by atoms with Crippen LogP contribution in [0.15, 0.2) is 35.8 Å². The van der Waals surface area contributed by atoms with Crippen LogP contribution in [0.4, 0.5) is 5.69 Å². The van der Waals surface area contributed by atoms with Crippen molar-refractivity contribution in [2.75, 3.05) is 6.61 Å². The van der Waals surface area contributed by atoms with Crippen LogP contribution in [0, 0.1) is 5.92 Å². The third kappa shape index (κ3) is 3.44. The molecule has 0 atom stereocenters. The van der Waals surface area contributed by atoms with E-state index in [1.807, 2.05) is 16.7 Å². The van der Waals surface area contributed by atoms with Gasteiger partial charge in [0.25, 0.3) is 0 Å². The molecule has 0 bridgehead atoms. The summed E-state index contributed by atoms with van der Waals surface area (Å²) in [5.41, 5.74) is 2.20. The summed E-state index contributed by atoms with van der Waals surface area (Å²) in [4.78, 5) is 4.64. The van der Waals surface area contributed by atoms with Crippen molar-refractivity contribution < 1.29 is 4.74 Å². The van der Waals surface area contributed by atoms with Gasteiger partial charge in [-0.15, -0.1) is 10.2 Å². The molecule has 1 aromatic carbocycles. The average molecular weight is 302 g/mol. The van der Waals surface area contributed by atoms with E-state index >= 15 is 0 Å². The number of thioether (sulfide) groups is 1. The van der Waals surface area contributed by atoms with E-state index in [0.29, 0.717) is 5.92 Å². The number of benzene rings is 1. The second-order valence-electron chi connectivity index (χ2n) is 5.37. The lowest BCUT2D eigenvalue weighted by molar-refractivity contribution is 0.289. The fourth-order valence-corrected chi connectivity index (χ4v) is 2.92. The van der Waals surface area contributed by atoms with Gasteiger partial charge < -0.3 is 4.74 Å². The molecule has 6 heteroatoms. The van der Waals surface area contributed by atoms with Gasteiger partial charge in [0.15, 0.2) is 5.17 Å². The van der Waals surface area contributed by atoms with E-state index < -0.39 is 0 Å². The molecule has 2 aromatic rings. The Bertz CT molecular complexity index is 637. The second kappa shape index (κ2) is 6.30. The van der Waals surface area contributed by atoms with Gasteiger partial charge in [0.1, 0.15) is 18.4 Å². The third-order valence-electron chi connectivity index (χ3n) is 3.23. The Morgan fingerprint density at radius 2 is 2.10 bits per heavy atom. The van der Waals surface area contributed by atoms with E-state index in [4.69, 9.17) is 4.74 Å². The first kappa shape index (κ1) is 14.1. The van der Waals surface area contributed by atoms with Crippen molar-refractivity contribution in [2.24, 2.45) is 10.9 Å². The van der Waals surface area contributed by atoms with Gasteiger partial charge in [0.05, 0.1) is 12.3 Å². The van der Waals surface area contributed by atoms with Crippen LogP contribution in [0.25, 0.3) is 0 Å². The fraction of sp³-hybridized carbons (Fsp3) is 0.400. The summed E-state index contributed by atoms with van der Waals surface area (Å²) >= 11 is 1.68. The van der Waals surface area contributed by atoms with Gasteiger partial charge in [0.2, 0.25) is 0 Å². The Kier molecular flexibility index (Phi) is 4.24. The summed E-state index contributed by atoms with van der Waals surface area (Å²) in [7, 11) is 0. The largest absolute Gasteiger partial charge is 0.494 e. The quantitative estimate of drug-likeness (QED) is 0.867. The zero-order valence-corrected chi connectivity index (χ0v) is 13.0. The molecule has 3 rings (SSSR count). The van der Waals surface area contributed by atoms with Gasteiger partial charge in [0, 0.05) is 5.75 Å². The molecule has 0 fully saturated rings. The molecular weight excluding hydrogens is 284 g/mol. The predicted molar refractivity (Wildman–Crippen MR) is 85.2 cm³/mol. The van der Waals surface area contributed by atoms with E-state index in [1.165, 1.54) is 5.56 Å². The summed E-state index contributed by atoms with van der Waals surface area (Å²) in [5, 5.41) is 8.53. The lowest BCUT2D eigenvalue weighted by Gasteiger charge is -2.16. The Morgan fingerprint density at radius 3 is 2.86 bits per heavy atom. The molecule has 5 nitrogen and oxygen atoms in total. The van der Waals surface area contributed by atoms with Crippen molar-refractivity contribution >= 4 is 22.6 Å². The highest BCUT2D eigenvalue weighted by atomic mass is 32.2. The standard InChI is InChI=1S/C15H18N4OS/c1-11(2)5-6-20-13-3-4-14-12(7-13)8-21-15(18-14)19-9-16-17-10-19/h3-4,7,9-11H,5-6,8H2,1-2H3. The molecule has 1 aliphatic rings. The van der Waals surface area contributed by atoms with Crippen LogP contribution in [0.1, 0.15) is 25.8 Å². The van der Waals surface area contributed by atoms with Crippen LogP contribution in [0.3, 0.4) is 0 Å². The van der Waals surface area contributed by atoms with Crippen LogP contribution in [0.2, 0.25) is 0 Å². The Labute approximate surface area is 128 Å². The summed E-state index contributed by atoms with van der Waals surface area (Å²) in [5.74, 6) is 2.47. The van der Waals surface area contributed by atoms with Crippen LogP contribution in [-0.4, -0.2) is 26.5 Å². The maximum Gasteiger partial charge on any atom is 0.175 e. The van der Waals surface area contributed by atoms with Crippen molar-refractivity contribution in [3.8, 4) is 5.75 Å². The van der Waals surface area contributed by atoms with Gasteiger partial charge in [-0.25, -0.2) is 4.99 Å². The number of nitrogens with zero attached hydrogens (tertiary/aromatic N) is 4. The van der Waals surface area contributed by atoms with Crippen molar-refractivity contribution in [1.29, 1.82) is 0 Å². The van der Waals surface area contributed by atoms with Gasteiger partial charge in [-0.2, -0.15) is 0 Å². The molecule has 0 radical (unpaired) electrons. The van der Waals surface area contributed by atoms with Crippen molar-refractivity contribution in [3.63, 3.8) is 0 Å². The van der Waals surface area contributed by atoms with Gasteiger partial charge in [-0.3, -0.25) is 4.57 Å². The number of ether oxygens (including phenoxy) is 1. The molecule has 1 aromatic heterocycles. The number of aliphatic imine (C=N–C) groups is 1. The summed E-state index contributed by atoms with van der Waals surface area (Å²) in [6.45, 7) is 5.17. The number of aromatic nitrogens is 3. The summed E-state index contributed by atoms with van der Waals surface area (Å²) in [6.07, 6.45) is 4.40. The van der Waals surface area contributed by atoms with E-state index in [1.54, 1.807) is 24.4 Å². The molecule has 110 valence electrons. The SMILES string of the molecule is CC(C)CCOc1ccc2c(c1)CSC(n1cnnc1)=N2. The molecule has 0 N–H and O–H groups in total. The van der Waals surface area contributed by atoms with E-state index in [-0.39, 0.29) is 0 Å². The number of fused-ring (bicyclic) bond motifs is 1. The normalized spacial score (nSPS) is 14.0. The highest BCUT2D eigenvalue weighted by molar-refractivity contribution is 8.13. The number of hydrogen-bond acceptors (Lipinski definition) is 5. The fourth-order valence-electron chi connectivity index (χ4n) is 2.00. The summed E-state index contributed by atoms with van der Waals surface area (Å²) < 4.78 is 7.63. The monoisotopic (exact) mass is 302 g/mol. The first-order chi connectivity index (χ1) is 10.2. The van der Waals surface area contributed by atoms with Gasteiger partial charge in [-0.1, -0.05) is 25.6 Å². The predicted octanol–water partition coefficient (Wildman–Crippen LogP) is 3.49. The van der Waals surface area contributed by atoms with Crippen molar-refractivity contribution in [2.45, 2.75) is 26.0 Å². The topological polar surface area (TPSA) is 52.3 Å². The third-order valence-corrected chi connectivity index (χ3v) is 4.24. The zero-order valence-electron chi connectivity index (χ0n) is 12.2. The van der Waals surface area contributed by atoms with Crippen LogP contribution in [-0.2, 0) is 5.75 Å². The number of rotatable bonds is 4. The molecule has 0 saturated carbocycles. The highest BCUT2D eigenvalue weighted by Gasteiger charge is 2.15. The zero-order chi connectivity index (χ0) is 14.7. The molecule has 0 spiro atoms. The Morgan fingerprint density at radius 1 is 1.29 bits per heavy atom. The van der Waals surface area contributed by atoms with Crippen molar-refractivity contribution in [3.05, 3.63) is 36.4 Å².